The number of benzene rings is 1. The van der Waals surface area contributed by atoms with Crippen LogP contribution in [0.25, 0.3) is 0 Å². The number of nitrogens with zero attached hydrogens (tertiary/aromatic N) is 5. The van der Waals surface area contributed by atoms with Crippen molar-refractivity contribution in [3.8, 4) is 5.75 Å². The minimum absolute atomic E-state index is 0.0393. The molecule has 1 atom stereocenters. The van der Waals surface area contributed by atoms with Crippen LogP contribution in [0.15, 0.2) is 55.1 Å². The summed E-state index contributed by atoms with van der Waals surface area (Å²) in [5, 5.41) is 3.07. The standard InChI is InChI=1S/C23H26N6O2/c1-31-18-8-5-17(6-9-18)7-10-22(30)29-15-3-2-4-20(29)19-11-12-26-23(27-19)28-21-16-24-13-14-25-21/h5-6,8-9,11-14,16,20H,2-4,7,10,15H2,1H3,(H,25,26,27,28)/t20-/m0/s1. The lowest BCUT2D eigenvalue weighted by molar-refractivity contribution is -0.135. The predicted molar refractivity (Wildman–Crippen MR) is 117 cm³/mol. The molecular weight excluding hydrogens is 392 g/mol. The van der Waals surface area contributed by atoms with E-state index in [-0.39, 0.29) is 11.9 Å². The topological polar surface area (TPSA) is 93.1 Å². The largest absolute Gasteiger partial charge is 0.497 e. The minimum Gasteiger partial charge on any atom is -0.497 e. The fourth-order valence-electron chi connectivity index (χ4n) is 3.82. The molecule has 0 spiro atoms. The van der Waals surface area contributed by atoms with Gasteiger partial charge in [0.1, 0.15) is 5.75 Å². The highest BCUT2D eigenvalue weighted by Crippen LogP contribution is 2.31. The summed E-state index contributed by atoms with van der Waals surface area (Å²) in [6.07, 6.45) is 10.7. The Balaban J connectivity index is 1.44. The van der Waals surface area contributed by atoms with Gasteiger partial charge in [0.25, 0.3) is 0 Å². The first-order valence-electron chi connectivity index (χ1n) is 10.5. The molecule has 1 aliphatic rings. The van der Waals surface area contributed by atoms with Crippen molar-refractivity contribution in [2.75, 3.05) is 19.0 Å². The van der Waals surface area contributed by atoms with Crippen molar-refractivity contribution < 1.29 is 9.53 Å². The Labute approximate surface area is 181 Å². The molecule has 0 radical (unpaired) electrons. The van der Waals surface area contributed by atoms with Crippen LogP contribution in [0.3, 0.4) is 0 Å². The first kappa shape index (κ1) is 20.7. The fraction of sp³-hybridized carbons (Fsp3) is 0.348. The number of aromatic nitrogens is 4. The lowest BCUT2D eigenvalue weighted by Gasteiger charge is -2.35. The monoisotopic (exact) mass is 418 g/mol. The van der Waals surface area contributed by atoms with Crippen molar-refractivity contribution in [3.63, 3.8) is 0 Å². The number of hydrogen-bond acceptors (Lipinski definition) is 7. The molecule has 0 unspecified atom stereocenters. The summed E-state index contributed by atoms with van der Waals surface area (Å²) in [6.45, 7) is 0.753. The Kier molecular flexibility index (Phi) is 6.66. The lowest BCUT2D eigenvalue weighted by atomic mass is 9.98. The highest BCUT2D eigenvalue weighted by molar-refractivity contribution is 5.77. The molecule has 0 saturated carbocycles. The number of carbonyl (C=O) groups is 1. The SMILES string of the molecule is COc1ccc(CCC(=O)N2CCCC[C@H]2c2ccnc(Nc3cnccn3)n2)cc1. The molecule has 1 aliphatic heterocycles. The number of nitrogens with one attached hydrogen (secondary N) is 1. The fourth-order valence-corrected chi connectivity index (χ4v) is 3.82. The van der Waals surface area contributed by atoms with Crippen LogP contribution in [0.5, 0.6) is 5.75 Å². The van der Waals surface area contributed by atoms with Gasteiger partial charge >= 0.3 is 0 Å². The molecule has 1 saturated heterocycles. The zero-order valence-electron chi connectivity index (χ0n) is 17.6. The molecule has 4 rings (SSSR count). The van der Waals surface area contributed by atoms with Crippen LogP contribution in [0.1, 0.15) is 43.0 Å². The number of aryl methyl sites for hydroxylation is 1. The quantitative estimate of drug-likeness (QED) is 0.625. The van der Waals surface area contributed by atoms with Gasteiger partial charge in [0.15, 0.2) is 5.82 Å². The molecule has 160 valence electrons. The number of anilines is 2. The minimum atomic E-state index is -0.0393. The summed E-state index contributed by atoms with van der Waals surface area (Å²) >= 11 is 0. The van der Waals surface area contributed by atoms with Gasteiger partial charge in [-0.15, -0.1) is 0 Å². The van der Waals surface area contributed by atoms with Crippen LogP contribution in [-0.4, -0.2) is 44.4 Å². The molecule has 8 heteroatoms. The molecule has 0 aliphatic carbocycles. The van der Waals surface area contributed by atoms with E-state index in [1.165, 1.54) is 0 Å². The number of ether oxygens (including phenoxy) is 1. The van der Waals surface area contributed by atoms with Crippen molar-refractivity contribution in [1.82, 2.24) is 24.8 Å². The molecule has 1 aromatic carbocycles. The van der Waals surface area contributed by atoms with Gasteiger partial charge in [0, 0.05) is 31.6 Å². The Bertz CT molecular complexity index is 996. The normalized spacial score (nSPS) is 16.0. The first-order chi connectivity index (χ1) is 15.2. The number of methoxy groups -OCH3 is 1. The van der Waals surface area contributed by atoms with Gasteiger partial charge in [0.05, 0.1) is 25.0 Å². The number of hydrogen-bond donors (Lipinski definition) is 1. The molecule has 3 heterocycles. The van der Waals surface area contributed by atoms with E-state index in [1.807, 2.05) is 35.2 Å². The lowest BCUT2D eigenvalue weighted by Crippen LogP contribution is -2.39. The van der Waals surface area contributed by atoms with Crippen LogP contribution in [0, 0.1) is 0 Å². The Morgan fingerprint density at radius 2 is 2.00 bits per heavy atom. The van der Waals surface area contributed by atoms with E-state index in [4.69, 9.17) is 4.74 Å². The maximum Gasteiger partial charge on any atom is 0.228 e. The average Bonchev–Trinajstić information content (AvgIpc) is 2.83. The molecule has 1 fully saturated rings. The number of rotatable bonds is 7. The summed E-state index contributed by atoms with van der Waals surface area (Å²) in [4.78, 5) is 32.2. The van der Waals surface area contributed by atoms with E-state index in [0.717, 1.165) is 42.8 Å². The number of carbonyl (C=O) groups excluding carboxylic acids is 1. The summed E-state index contributed by atoms with van der Waals surface area (Å²) in [5.41, 5.74) is 1.97. The van der Waals surface area contributed by atoms with E-state index < -0.39 is 0 Å². The molecule has 1 N–H and O–H groups in total. The van der Waals surface area contributed by atoms with E-state index in [9.17, 15) is 4.79 Å². The second-order valence-corrected chi connectivity index (χ2v) is 7.47. The zero-order chi connectivity index (χ0) is 21.5. The van der Waals surface area contributed by atoms with Crippen molar-refractivity contribution in [2.24, 2.45) is 0 Å². The smallest absolute Gasteiger partial charge is 0.228 e. The molecule has 3 aromatic rings. The van der Waals surface area contributed by atoms with Gasteiger partial charge in [-0.1, -0.05) is 12.1 Å². The van der Waals surface area contributed by atoms with E-state index in [1.54, 1.807) is 31.9 Å². The van der Waals surface area contributed by atoms with Crippen LogP contribution in [0.4, 0.5) is 11.8 Å². The highest BCUT2D eigenvalue weighted by Gasteiger charge is 2.29. The second kappa shape index (κ2) is 9.97. The summed E-state index contributed by atoms with van der Waals surface area (Å²) < 4.78 is 5.20. The zero-order valence-corrected chi connectivity index (χ0v) is 17.6. The highest BCUT2D eigenvalue weighted by atomic mass is 16.5. The van der Waals surface area contributed by atoms with E-state index >= 15 is 0 Å². The van der Waals surface area contributed by atoms with Crippen molar-refractivity contribution in [1.29, 1.82) is 0 Å². The number of amides is 1. The third kappa shape index (κ3) is 5.33. The molecule has 31 heavy (non-hydrogen) atoms. The summed E-state index contributed by atoms with van der Waals surface area (Å²) in [7, 11) is 1.65. The van der Waals surface area contributed by atoms with Gasteiger partial charge in [0.2, 0.25) is 11.9 Å². The van der Waals surface area contributed by atoms with Gasteiger partial charge in [-0.05, 0) is 49.4 Å². The van der Waals surface area contributed by atoms with Gasteiger partial charge in [-0.3, -0.25) is 9.78 Å². The van der Waals surface area contributed by atoms with Crippen molar-refractivity contribution in [3.05, 3.63) is 66.4 Å². The average molecular weight is 419 g/mol. The molecule has 0 bridgehead atoms. The van der Waals surface area contributed by atoms with Crippen LogP contribution in [0.2, 0.25) is 0 Å². The molecular formula is C23H26N6O2. The maximum absolute atomic E-state index is 13.1. The number of piperidine rings is 1. The van der Waals surface area contributed by atoms with E-state index in [2.05, 4.69) is 25.3 Å². The number of likely N-dealkylation sites (tertiary alicyclic amines) is 1. The van der Waals surface area contributed by atoms with Gasteiger partial charge in [-0.25, -0.2) is 15.0 Å². The third-order valence-electron chi connectivity index (χ3n) is 5.43. The predicted octanol–water partition coefficient (Wildman–Crippen LogP) is 3.71. The summed E-state index contributed by atoms with van der Waals surface area (Å²) in [5.74, 6) is 2.01. The van der Waals surface area contributed by atoms with Crippen molar-refractivity contribution in [2.45, 2.75) is 38.1 Å². The maximum atomic E-state index is 13.1. The first-order valence-corrected chi connectivity index (χ1v) is 10.5. The van der Waals surface area contributed by atoms with Crippen LogP contribution < -0.4 is 10.1 Å². The Morgan fingerprint density at radius 3 is 2.77 bits per heavy atom. The van der Waals surface area contributed by atoms with Crippen molar-refractivity contribution >= 4 is 17.7 Å². The third-order valence-corrected chi connectivity index (χ3v) is 5.43. The van der Waals surface area contributed by atoms with Crippen LogP contribution >= 0.6 is 0 Å². The second-order valence-electron chi connectivity index (χ2n) is 7.47. The van der Waals surface area contributed by atoms with Crippen LogP contribution in [-0.2, 0) is 11.2 Å². The molecule has 8 nitrogen and oxygen atoms in total. The Morgan fingerprint density at radius 1 is 1.13 bits per heavy atom. The molecule has 1 amide bonds. The van der Waals surface area contributed by atoms with E-state index in [0.29, 0.717) is 24.6 Å². The Hall–Kier alpha value is -3.55. The summed E-state index contributed by atoms with van der Waals surface area (Å²) in [6, 6.07) is 9.72. The van der Waals surface area contributed by atoms with Gasteiger partial charge in [-0.2, -0.15) is 0 Å². The van der Waals surface area contributed by atoms with Gasteiger partial charge < -0.3 is 15.0 Å². The molecule has 2 aromatic heterocycles.